The summed E-state index contributed by atoms with van der Waals surface area (Å²) in [5.74, 6) is -0.458. The van der Waals surface area contributed by atoms with E-state index in [4.69, 9.17) is 16.7 Å². The maximum Gasteiger partial charge on any atom is 0.326 e. The molecule has 23 heavy (non-hydrogen) atoms. The van der Waals surface area contributed by atoms with Crippen LogP contribution in [0.2, 0.25) is 5.02 Å². The van der Waals surface area contributed by atoms with Crippen LogP contribution in [0, 0.1) is 0 Å². The van der Waals surface area contributed by atoms with Crippen molar-refractivity contribution in [2.24, 2.45) is 5.14 Å². The van der Waals surface area contributed by atoms with Crippen LogP contribution in [0.25, 0.3) is 0 Å². The summed E-state index contributed by atoms with van der Waals surface area (Å²) < 4.78 is 23.6. The van der Waals surface area contributed by atoms with Crippen molar-refractivity contribution >= 4 is 33.7 Å². The molecule has 0 spiro atoms. The second kappa shape index (κ2) is 6.83. The third-order valence-electron chi connectivity index (χ3n) is 3.55. The second-order valence-electron chi connectivity index (χ2n) is 5.08. The molecule has 1 aromatic carbocycles. The van der Waals surface area contributed by atoms with Gasteiger partial charge >= 0.3 is 6.03 Å². The van der Waals surface area contributed by atoms with Gasteiger partial charge in [-0.2, -0.15) is 12.7 Å². The van der Waals surface area contributed by atoms with Crippen LogP contribution in [-0.2, 0) is 10.2 Å². The van der Waals surface area contributed by atoms with Gasteiger partial charge in [0, 0.05) is 43.8 Å². The molecular formula is C13H17ClN4O4S. The molecule has 1 aromatic rings. The first-order chi connectivity index (χ1) is 10.7. The minimum absolute atomic E-state index is 0.105. The van der Waals surface area contributed by atoms with Gasteiger partial charge in [-0.05, 0) is 24.3 Å². The monoisotopic (exact) mass is 360 g/mol. The summed E-state index contributed by atoms with van der Waals surface area (Å²) >= 11 is 5.77. The fourth-order valence-electron chi connectivity index (χ4n) is 2.22. The Labute approximate surface area is 139 Å². The zero-order valence-electron chi connectivity index (χ0n) is 12.5. The molecule has 8 nitrogen and oxygen atoms in total. The Morgan fingerprint density at radius 1 is 1.13 bits per heavy atom. The van der Waals surface area contributed by atoms with Crippen LogP contribution >= 0.6 is 11.6 Å². The van der Waals surface area contributed by atoms with Gasteiger partial charge in [0.25, 0.3) is 16.1 Å². The molecular weight excluding hydrogens is 344 g/mol. The lowest BCUT2D eigenvalue weighted by atomic mass is 10.2. The Kier molecular flexibility index (Phi) is 5.25. The highest BCUT2D eigenvalue weighted by atomic mass is 35.5. The Bertz CT molecular complexity index is 699. The number of urea groups is 1. The molecule has 1 aliphatic heterocycles. The molecule has 2 N–H and O–H groups in total. The number of piperazine rings is 1. The highest BCUT2D eigenvalue weighted by Gasteiger charge is 2.30. The van der Waals surface area contributed by atoms with Crippen LogP contribution in [0.1, 0.15) is 10.4 Å². The molecule has 0 unspecified atom stereocenters. The van der Waals surface area contributed by atoms with Gasteiger partial charge in [-0.25, -0.2) is 9.93 Å². The second-order valence-corrected chi connectivity index (χ2v) is 7.07. The van der Waals surface area contributed by atoms with Crippen LogP contribution in [0.15, 0.2) is 24.3 Å². The van der Waals surface area contributed by atoms with E-state index in [2.05, 4.69) is 0 Å². The highest BCUT2D eigenvalue weighted by molar-refractivity contribution is 7.86. The molecule has 0 bridgehead atoms. The zero-order valence-corrected chi connectivity index (χ0v) is 14.0. The van der Waals surface area contributed by atoms with Crippen LogP contribution in [0.5, 0.6) is 0 Å². The van der Waals surface area contributed by atoms with E-state index in [-0.39, 0.29) is 26.2 Å². The van der Waals surface area contributed by atoms with Gasteiger partial charge in [-0.1, -0.05) is 11.6 Å². The quantitative estimate of drug-likeness (QED) is 0.821. The van der Waals surface area contributed by atoms with Gasteiger partial charge in [0.2, 0.25) is 0 Å². The average molecular weight is 361 g/mol. The maximum absolute atomic E-state index is 12.3. The summed E-state index contributed by atoms with van der Waals surface area (Å²) in [4.78, 5) is 27.0. The highest BCUT2D eigenvalue weighted by Crippen LogP contribution is 2.13. The summed E-state index contributed by atoms with van der Waals surface area (Å²) in [5.41, 5.74) is 0.341. The first kappa shape index (κ1) is 17.7. The molecule has 3 amide bonds. The molecule has 10 heteroatoms. The summed E-state index contributed by atoms with van der Waals surface area (Å²) in [5, 5.41) is 5.54. The predicted molar refractivity (Wildman–Crippen MR) is 85.2 cm³/mol. The maximum atomic E-state index is 12.3. The number of amides is 3. The average Bonchev–Trinajstić information content (AvgIpc) is 2.53. The first-order valence-electron chi connectivity index (χ1n) is 6.80. The Morgan fingerprint density at radius 2 is 1.65 bits per heavy atom. The summed E-state index contributed by atoms with van der Waals surface area (Å²) in [6, 6.07) is 5.72. The topological polar surface area (TPSA) is 104 Å². The minimum atomic E-state index is -3.76. The first-order valence-corrected chi connectivity index (χ1v) is 8.68. The number of nitrogens with two attached hydrogens (primary N) is 1. The summed E-state index contributed by atoms with van der Waals surface area (Å²) in [6.45, 7) is 0.558. The van der Waals surface area contributed by atoms with Gasteiger partial charge in [-0.15, -0.1) is 0 Å². The molecule has 1 heterocycles. The number of halogens is 1. The van der Waals surface area contributed by atoms with Crippen molar-refractivity contribution in [2.45, 2.75) is 0 Å². The lowest BCUT2D eigenvalue weighted by Gasteiger charge is -2.34. The van der Waals surface area contributed by atoms with Crippen molar-refractivity contribution < 1.29 is 18.0 Å². The van der Waals surface area contributed by atoms with Crippen molar-refractivity contribution in [1.82, 2.24) is 14.1 Å². The summed E-state index contributed by atoms with van der Waals surface area (Å²) in [6.07, 6.45) is 0. The molecule has 0 saturated carbocycles. The number of hydrogen-bond acceptors (Lipinski definition) is 4. The van der Waals surface area contributed by atoms with Crippen LogP contribution in [0.4, 0.5) is 4.79 Å². The molecule has 0 aliphatic carbocycles. The van der Waals surface area contributed by atoms with Crippen LogP contribution in [-0.4, -0.2) is 67.7 Å². The number of carbonyl (C=O) groups excluding carboxylic acids is 2. The minimum Gasteiger partial charge on any atom is -0.322 e. The Morgan fingerprint density at radius 3 is 2.13 bits per heavy atom. The summed E-state index contributed by atoms with van der Waals surface area (Å²) in [7, 11) is -2.38. The number of nitrogens with zero attached hydrogens (tertiary/aromatic N) is 3. The lowest BCUT2D eigenvalue weighted by Crippen LogP contribution is -2.55. The van der Waals surface area contributed by atoms with E-state index >= 15 is 0 Å². The van der Waals surface area contributed by atoms with E-state index in [0.29, 0.717) is 10.6 Å². The van der Waals surface area contributed by atoms with Gasteiger partial charge < -0.3 is 4.90 Å². The van der Waals surface area contributed by atoms with E-state index in [1.807, 2.05) is 0 Å². The molecule has 0 atom stereocenters. The zero-order chi connectivity index (χ0) is 17.2. The van der Waals surface area contributed by atoms with E-state index in [1.54, 1.807) is 12.1 Å². The lowest BCUT2D eigenvalue weighted by molar-refractivity contribution is 0.0779. The normalized spacial score (nSPS) is 16.2. The number of carbonyl (C=O) groups is 2. The fourth-order valence-corrected chi connectivity index (χ4v) is 3.02. The molecule has 0 aromatic heterocycles. The van der Waals surface area contributed by atoms with Gasteiger partial charge in [0.05, 0.1) is 0 Å². The number of benzene rings is 1. The molecule has 0 radical (unpaired) electrons. The van der Waals surface area contributed by atoms with Gasteiger partial charge in [0.15, 0.2) is 0 Å². The standard InChI is InChI=1S/C13H17ClN4O4S/c1-16(12(19)10-2-4-11(14)5-3-10)13(20)17-6-8-18(9-7-17)23(15,21)22/h2-5H,6-9H2,1H3,(H2,15,21,22). The molecule has 1 fully saturated rings. The van der Waals surface area contributed by atoms with Crippen molar-refractivity contribution in [2.75, 3.05) is 33.2 Å². The third-order valence-corrected chi connectivity index (χ3v) is 4.89. The van der Waals surface area contributed by atoms with Crippen LogP contribution in [0.3, 0.4) is 0 Å². The van der Waals surface area contributed by atoms with Crippen LogP contribution < -0.4 is 5.14 Å². The smallest absolute Gasteiger partial charge is 0.322 e. The number of hydrogen-bond donors (Lipinski definition) is 1. The fraction of sp³-hybridized carbons (Fsp3) is 0.385. The Hall–Kier alpha value is -1.68. The van der Waals surface area contributed by atoms with E-state index in [0.717, 1.165) is 9.21 Å². The van der Waals surface area contributed by atoms with E-state index in [1.165, 1.54) is 24.1 Å². The number of rotatable bonds is 2. The van der Waals surface area contributed by atoms with Crippen molar-refractivity contribution in [1.29, 1.82) is 0 Å². The third kappa shape index (κ3) is 4.20. The predicted octanol–water partition coefficient (Wildman–Crippen LogP) is 0.353. The SMILES string of the molecule is CN(C(=O)c1ccc(Cl)cc1)C(=O)N1CCN(S(N)(=O)=O)CC1. The van der Waals surface area contributed by atoms with Crippen molar-refractivity contribution in [3.63, 3.8) is 0 Å². The Balaban J connectivity index is 2.00. The molecule has 126 valence electrons. The number of imide groups is 1. The van der Waals surface area contributed by atoms with Crippen molar-refractivity contribution in [3.8, 4) is 0 Å². The molecule has 2 rings (SSSR count). The largest absolute Gasteiger partial charge is 0.326 e. The van der Waals surface area contributed by atoms with E-state index < -0.39 is 22.1 Å². The van der Waals surface area contributed by atoms with Gasteiger partial charge in [0.1, 0.15) is 0 Å². The molecule has 1 aliphatic rings. The molecule has 1 saturated heterocycles. The van der Waals surface area contributed by atoms with Crippen molar-refractivity contribution in [3.05, 3.63) is 34.9 Å². The van der Waals surface area contributed by atoms with E-state index in [9.17, 15) is 18.0 Å². The van der Waals surface area contributed by atoms with Gasteiger partial charge in [-0.3, -0.25) is 9.69 Å².